The minimum atomic E-state index is -3.17. The number of aryl methyl sites for hydroxylation is 1. The zero-order chi connectivity index (χ0) is 17.6. The van der Waals surface area contributed by atoms with Crippen LogP contribution in [0, 0.1) is 6.92 Å². The number of aromatic nitrogens is 1. The Morgan fingerprint density at radius 1 is 1.17 bits per heavy atom. The molecule has 0 unspecified atom stereocenters. The van der Waals surface area contributed by atoms with Crippen LogP contribution in [0.15, 0.2) is 48.7 Å². The van der Waals surface area contributed by atoms with Crippen molar-refractivity contribution in [2.24, 2.45) is 0 Å². The predicted octanol–water partition coefficient (Wildman–Crippen LogP) is 2.35. The number of hydrogen-bond acceptors (Lipinski definition) is 4. The highest BCUT2D eigenvalue weighted by Crippen LogP contribution is 2.26. The van der Waals surface area contributed by atoms with Crippen molar-refractivity contribution < 1.29 is 8.42 Å². The van der Waals surface area contributed by atoms with E-state index in [1.807, 2.05) is 25.2 Å². The summed E-state index contributed by atoms with van der Waals surface area (Å²) in [6.45, 7) is 4.66. The molecule has 0 aliphatic rings. The molecule has 6 heteroatoms. The molecule has 2 rings (SSSR count). The van der Waals surface area contributed by atoms with Crippen LogP contribution < -0.4 is 4.72 Å². The number of rotatable bonds is 8. The highest BCUT2D eigenvalue weighted by atomic mass is 32.2. The second kappa shape index (κ2) is 8.37. The smallest absolute Gasteiger partial charge is 0.211 e. The van der Waals surface area contributed by atoms with E-state index in [-0.39, 0.29) is 11.8 Å². The lowest BCUT2D eigenvalue weighted by Crippen LogP contribution is -2.36. The molecule has 0 saturated heterocycles. The Labute approximate surface area is 144 Å². The average Bonchev–Trinajstić information content (AvgIpc) is 2.58. The van der Waals surface area contributed by atoms with Gasteiger partial charge in [0, 0.05) is 19.3 Å². The van der Waals surface area contributed by atoms with E-state index >= 15 is 0 Å². The Bertz CT molecular complexity index is 731. The monoisotopic (exact) mass is 347 g/mol. The maximum atomic E-state index is 11.6. The third kappa shape index (κ3) is 5.12. The number of likely N-dealkylation sites (N-methyl/N-ethyl adjacent to an activating group) is 1. The summed E-state index contributed by atoms with van der Waals surface area (Å²) in [4.78, 5) is 6.61. The number of nitrogens with one attached hydrogen (secondary N) is 1. The summed E-state index contributed by atoms with van der Waals surface area (Å²) in [7, 11) is -1.18. The normalized spacial score (nSPS) is 13.2. The van der Waals surface area contributed by atoms with Gasteiger partial charge in [0.25, 0.3) is 0 Å². The fraction of sp³-hybridized carbons (Fsp3) is 0.389. The van der Waals surface area contributed by atoms with Crippen molar-refractivity contribution in [3.8, 4) is 0 Å². The van der Waals surface area contributed by atoms with Gasteiger partial charge in [0.15, 0.2) is 0 Å². The Morgan fingerprint density at radius 3 is 2.46 bits per heavy atom. The van der Waals surface area contributed by atoms with Gasteiger partial charge >= 0.3 is 0 Å². The Morgan fingerprint density at radius 2 is 1.88 bits per heavy atom. The number of hydrogen-bond donors (Lipinski definition) is 1. The molecule has 1 atom stereocenters. The molecule has 2 aromatic rings. The summed E-state index contributed by atoms with van der Waals surface area (Å²) in [5.41, 5.74) is 3.29. The average molecular weight is 347 g/mol. The molecule has 1 aromatic heterocycles. The van der Waals surface area contributed by atoms with E-state index in [1.54, 1.807) is 13.1 Å². The molecule has 0 aliphatic heterocycles. The molecule has 1 aromatic carbocycles. The molecule has 5 nitrogen and oxygen atoms in total. The lowest BCUT2D eigenvalue weighted by atomic mass is 10.0. The minimum Gasteiger partial charge on any atom is -0.293 e. The summed E-state index contributed by atoms with van der Waals surface area (Å²) < 4.78 is 25.8. The highest BCUT2D eigenvalue weighted by Gasteiger charge is 2.20. The van der Waals surface area contributed by atoms with Gasteiger partial charge in [0.2, 0.25) is 10.0 Å². The standard InChI is InChI=1S/C18H25N3O2S/c1-4-24(22,23)20-13-14-21(3)18(17-7-5-6-12-19-17)16-10-8-15(2)9-11-16/h5-12,18,20H,4,13-14H2,1-3H3/t18-/m1/s1. The highest BCUT2D eigenvalue weighted by molar-refractivity contribution is 7.89. The maximum absolute atomic E-state index is 11.6. The van der Waals surface area contributed by atoms with Crippen LogP contribution in [-0.2, 0) is 10.0 Å². The lowest BCUT2D eigenvalue weighted by molar-refractivity contribution is 0.279. The van der Waals surface area contributed by atoms with Crippen molar-refractivity contribution in [3.05, 3.63) is 65.5 Å². The zero-order valence-corrected chi connectivity index (χ0v) is 15.3. The van der Waals surface area contributed by atoms with Gasteiger partial charge in [-0.3, -0.25) is 9.88 Å². The van der Waals surface area contributed by atoms with Crippen LogP contribution >= 0.6 is 0 Å². The molecule has 0 amide bonds. The van der Waals surface area contributed by atoms with Crippen molar-refractivity contribution in [2.75, 3.05) is 25.9 Å². The predicted molar refractivity (Wildman–Crippen MR) is 97.4 cm³/mol. The first-order valence-corrected chi connectivity index (χ1v) is 9.73. The Hall–Kier alpha value is -1.76. The van der Waals surface area contributed by atoms with Crippen molar-refractivity contribution in [1.29, 1.82) is 0 Å². The number of nitrogens with zero attached hydrogens (tertiary/aromatic N) is 2. The molecule has 1 heterocycles. The molecule has 0 radical (unpaired) electrons. The van der Waals surface area contributed by atoms with E-state index < -0.39 is 10.0 Å². The minimum absolute atomic E-state index is 0.0158. The second-order valence-electron chi connectivity index (χ2n) is 5.85. The van der Waals surface area contributed by atoms with Crippen LogP contribution in [-0.4, -0.2) is 44.2 Å². The van der Waals surface area contributed by atoms with Gasteiger partial charge in [-0.25, -0.2) is 13.1 Å². The molecule has 130 valence electrons. The third-order valence-corrected chi connectivity index (χ3v) is 5.37. The van der Waals surface area contributed by atoms with Crippen molar-refractivity contribution >= 4 is 10.0 Å². The molecule has 1 N–H and O–H groups in total. The fourth-order valence-electron chi connectivity index (χ4n) is 2.55. The van der Waals surface area contributed by atoms with E-state index in [1.165, 1.54) is 5.56 Å². The van der Waals surface area contributed by atoms with Crippen LogP contribution in [0.25, 0.3) is 0 Å². The van der Waals surface area contributed by atoms with E-state index in [4.69, 9.17) is 0 Å². The molecule has 0 bridgehead atoms. The number of pyridine rings is 1. The molecule has 0 saturated carbocycles. The van der Waals surface area contributed by atoms with Gasteiger partial charge in [-0.1, -0.05) is 35.9 Å². The van der Waals surface area contributed by atoms with Crippen LogP contribution in [0.1, 0.15) is 29.8 Å². The molecular weight excluding hydrogens is 322 g/mol. The Balaban J connectivity index is 2.18. The van der Waals surface area contributed by atoms with Gasteiger partial charge < -0.3 is 0 Å². The lowest BCUT2D eigenvalue weighted by Gasteiger charge is -2.28. The largest absolute Gasteiger partial charge is 0.293 e. The summed E-state index contributed by atoms with van der Waals surface area (Å²) in [6, 6.07) is 14.2. The molecule has 0 fully saturated rings. The second-order valence-corrected chi connectivity index (χ2v) is 7.94. The first-order chi connectivity index (χ1) is 11.4. The van der Waals surface area contributed by atoms with Crippen LogP contribution in [0.5, 0.6) is 0 Å². The van der Waals surface area contributed by atoms with Gasteiger partial charge in [-0.05, 0) is 38.6 Å². The SMILES string of the molecule is CCS(=O)(=O)NCCN(C)[C@H](c1ccc(C)cc1)c1ccccn1. The van der Waals surface area contributed by atoms with Crippen molar-refractivity contribution in [1.82, 2.24) is 14.6 Å². The number of benzene rings is 1. The van der Waals surface area contributed by atoms with E-state index in [2.05, 4.69) is 45.8 Å². The topological polar surface area (TPSA) is 62.3 Å². The quantitative estimate of drug-likeness (QED) is 0.796. The first-order valence-electron chi connectivity index (χ1n) is 8.08. The van der Waals surface area contributed by atoms with Crippen molar-refractivity contribution in [2.45, 2.75) is 19.9 Å². The van der Waals surface area contributed by atoms with Crippen LogP contribution in [0.4, 0.5) is 0 Å². The summed E-state index contributed by atoms with van der Waals surface area (Å²) >= 11 is 0. The molecular formula is C18H25N3O2S. The first kappa shape index (κ1) is 18.6. The maximum Gasteiger partial charge on any atom is 0.211 e. The van der Waals surface area contributed by atoms with E-state index in [0.717, 1.165) is 11.3 Å². The zero-order valence-electron chi connectivity index (χ0n) is 14.4. The van der Waals surface area contributed by atoms with Gasteiger partial charge in [-0.2, -0.15) is 0 Å². The molecule has 0 aliphatic carbocycles. The van der Waals surface area contributed by atoms with Crippen LogP contribution in [0.3, 0.4) is 0 Å². The van der Waals surface area contributed by atoms with Crippen molar-refractivity contribution in [3.63, 3.8) is 0 Å². The number of sulfonamides is 1. The van der Waals surface area contributed by atoms with Gasteiger partial charge in [0.1, 0.15) is 0 Å². The third-order valence-electron chi connectivity index (χ3n) is 3.97. The van der Waals surface area contributed by atoms with E-state index in [9.17, 15) is 8.42 Å². The summed E-state index contributed by atoms with van der Waals surface area (Å²) in [6.07, 6.45) is 1.78. The molecule has 24 heavy (non-hydrogen) atoms. The Kier molecular flexibility index (Phi) is 6.48. The van der Waals surface area contributed by atoms with E-state index in [0.29, 0.717) is 13.1 Å². The van der Waals surface area contributed by atoms with Gasteiger partial charge in [-0.15, -0.1) is 0 Å². The summed E-state index contributed by atoms with van der Waals surface area (Å²) in [5, 5.41) is 0. The summed E-state index contributed by atoms with van der Waals surface area (Å²) in [5.74, 6) is 0.0956. The van der Waals surface area contributed by atoms with Crippen LogP contribution in [0.2, 0.25) is 0 Å². The molecule has 0 spiro atoms. The fourth-order valence-corrected chi connectivity index (χ4v) is 3.15. The van der Waals surface area contributed by atoms with Gasteiger partial charge in [0.05, 0.1) is 17.5 Å².